The fourth-order valence-electron chi connectivity index (χ4n) is 2.63. The fourth-order valence-corrected chi connectivity index (χ4v) is 3.15. The van der Waals surface area contributed by atoms with Crippen molar-refractivity contribution >= 4 is 57.9 Å². The van der Waals surface area contributed by atoms with Gasteiger partial charge in [-0.15, -0.1) is 0 Å². The van der Waals surface area contributed by atoms with Crippen molar-refractivity contribution in [2.24, 2.45) is 0 Å². The molecule has 0 spiro atoms. The molecule has 13 heteroatoms. The minimum atomic E-state index is -0.684. The van der Waals surface area contributed by atoms with E-state index in [0.29, 0.717) is 0 Å². The van der Waals surface area contributed by atoms with E-state index in [0.717, 1.165) is 4.90 Å². The Morgan fingerprint density at radius 3 is 2.62 bits per heavy atom. The smallest absolute Gasteiger partial charge is 0.327 e. The van der Waals surface area contributed by atoms with Crippen LogP contribution in [-0.4, -0.2) is 40.2 Å². The number of carbonyl (C=O) groups excluding carboxylic acids is 1. The summed E-state index contributed by atoms with van der Waals surface area (Å²) in [4.78, 5) is 32.6. The molecule has 0 saturated carbocycles. The molecule has 0 saturated heterocycles. The summed E-state index contributed by atoms with van der Waals surface area (Å²) in [6.07, 6.45) is 1.19. The predicted octanol–water partition coefficient (Wildman–Crippen LogP) is 4.82. The minimum Gasteiger partial charge on any atom is -0.506 e. The number of hydrogen-bond donors (Lipinski definition) is 3. The maximum atomic E-state index is 12.7. The molecule has 0 unspecified atom stereocenters. The number of phenolic OH excluding ortho intramolecular Hbond substituents is 1. The van der Waals surface area contributed by atoms with Gasteiger partial charge in [0, 0.05) is 25.2 Å². The van der Waals surface area contributed by atoms with Crippen LogP contribution in [0.5, 0.6) is 11.5 Å². The van der Waals surface area contributed by atoms with Crippen LogP contribution in [0, 0.1) is 10.1 Å². The molecule has 11 nitrogen and oxygen atoms in total. The van der Waals surface area contributed by atoms with E-state index in [4.69, 9.17) is 27.9 Å². The zero-order chi connectivity index (χ0) is 23.4. The van der Waals surface area contributed by atoms with Gasteiger partial charge >= 0.3 is 6.03 Å². The van der Waals surface area contributed by atoms with Crippen molar-refractivity contribution in [3.8, 4) is 11.5 Å². The number of nitrogens with zero attached hydrogens (tertiary/aromatic N) is 4. The molecule has 1 heterocycles. The van der Waals surface area contributed by atoms with Crippen LogP contribution < -0.4 is 20.3 Å². The number of amides is 2. The Labute approximate surface area is 191 Å². The fraction of sp³-hybridized carbons (Fsp3) is 0.105. The van der Waals surface area contributed by atoms with E-state index in [2.05, 4.69) is 20.6 Å². The molecule has 3 rings (SSSR count). The number of halogens is 2. The van der Waals surface area contributed by atoms with Gasteiger partial charge in [0.15, 0.2) is 0 Å². The highest BCUT2D eigenvalue weighted by Crippen LogP contribution is 2.43. The zero-order valence-corrected chi connectivity index (χ0v) is 18.2. The number of benzene rings is 2. The third-order valence-electron chi connectivity index (χ3n) is 4.26. The van der Waals surface area contributed by atoms with Gasteiger partial charge in [0.25, 0.3) is 5.69 Å². The van der Waals surface area contributed by atoms with Crippen molar-refractivity contribution < 1.29 is 19.6 Å². The van der Waals surface area contributed by atoms with Crippen LogP contribution in [0.3, 0.4) is 0 Å². The summed E-state index contributed by atoms with van der Waals surface area (Å²) in [6, 6.07) is 8.00. The van der Waals surface area contributed by atoms with E-state index < -0.39 is 11.0 Å². The van der Waals surface area contributed by atoms with Gasteiger partial charge in [-0.3, -0.25) is 15.0 Å². The highest BCUT2D eigenvalue weighted by molar-refractivity contribution is 6.41. The second-order valence-corrected chi connectivity index (χ2v) is 7.01. The van der Waals surface area contributed by atoms with E-state index in [-0.39, 0.29) is 50.2 Å². The van der Waals surface area contributed by atoms with Crippen LogP contribution in [0.4, 0.5) is 33.5 Å². The number of aromatic nitrogens is 2. The maximum Gasteiger partial charge on any atom is 0.327 e. The molecule has 0 bridgehead atoms. The van der Waals surface area contributed by atoms with Crippen molar-refractivity contribution in [2.45, 2.75) is 0 Å². The third-order valence-corrected chi connectivity index (χ3v) is 5.02. The quantitative estimate of drug-likeness (QED) is 0.338. The summed E-state index contributed by atoms with van der Waals surface area (Å²) in [5.74, 6) is 0.172. The number of ether oxygens (including phenoxy) is 1. The van der Waals surface area contributed by atoms with Gasteiger partial charge in [0.05, 0.1) is 17.7 Å². The number of anilines is 4. The lowest BCUT2D eigenvalue weighted by atomic mass is 10.2. The third kappa shape index (κ3) is 4.74. The molecule has 32 heavy (non-hydrogen) atoms. The molecule has 0 aliphatic heterocycles. The van der Waals surface area contributed by atoms with Crippen molar-refractivity contribution in [1.29, 1.82) is 0 Å². The number of para-hydroxylation sites is 2. The molecule has 0 radical (unpaired) electrons. The number of hydrogen-bond acceptors (Lipinski definition) is 8. The molecule has 0 fully saturated rings. The molecule has 3 aromatic rings. The highest BCUT2D eigenvalue weighted by Gasteiger charge is 2.21. The number of nitro groups is 1. The zero-order valence-electron chi connectivity index (χ0n) is 16.7. The standard InChI is InChI=1S/C19H16Cl2N6O5/c1-26(19(29)25-18-16(20)12(28)7-13(32-2)17(18)21)15-8-14(22-9-23-15)24-10-5-3-4-6-11(10)27(30)31/h3-9,28H,1-2H3,(H,25,29)(H,22,23,24). The van der Waals surface area contributed by atoms with E-state index >= 15 is 0 Å². The van der Waals surface area contributed by atoms with Crippen LogP contribution >= 0.6 is 23.2 Å². The average Bonchev–Trinajstić information content (AvgIpc) is 2.78. The molecule has 166 valence electrons. The van der Waals surface area contributed by atoms with Crippen LogP contribution in [0.1, 0.15) is 0 Å². The van der Waals surface area contributed by atoms with Gasteiger partial charge in [-0.05, 0) is 6.07 Å². The molecule has 1 aromatic heterocycles. The van der Waals surface area contributed by atoms with Crippen molar-refractivity contribution in [2.75, 3.05) is 29.7 Å². The normalized spacial score (nSPS) is 10.4. The molecule has 2 aromatic carbocycles. The molecule has 0 aliphatic rings. The Balaban J connectivity index is 1.84. The number of urea groups is 1. The first-order valence-electron chi connectivity index (χ1n) is 8.85. The molecule has 0 aliphatic carbocycles. The first kappa shape index (κ1) is 22.8. The van der Waals surface area contributed by atoms with Gasteiger partial charge in [-0.25, -0.2) is 14.8 Å². The van der Waals surface area contributed by atoms with Crippen molar-refractivity contribution in [3.63, 3.8) is 0 Å². The molecule has 2 amide bonds. The maximum absolute atomic E-state index is 12.7. The average molecular weight is 479 g/mol. The monoisotopic (exact) mass is 478 g/mol. The number of nitro benzene ring substituents is 1. The van der Waals surface area contributed by atoms with E-state index in [1.165, 1.54) is 44.8 Å². The summed E-state index contributed by atoms with van der Waals surface area (Å²) < 4.78 is 5.05. The van der Waals surface area contributed by atoms with Gasteiger partial charge in [-0.1, -0.05) is 35.3 Å². The Hall–Kier alpha value is -3.83. The first-order chi connectivity index (χ1) is 15.2. The highest BCUT2D eigenvalue weighted by atomic mass is 35.5. The van der Waals surface area contributed by atoms with Crippen LogP contribution in [0.15, 0.2) is 42.7 Å². The molecule has 0 atom stereocenters. The topological polar surface area (TPSA) is 143 Å². The lowest BCUT2D eigenvalue weighted by molar-refractivity contribution is -0.383. The molecule has 3 N–H and O–H groups in total. The first-order valence-corrected chi connectivity index (χ1v) is 9.60. The predicted molar refractivity (Wildman–Crippen MR) is 121 cm³/mol. The Morgan fingerprint density at radius 2 is 1.94 bits per heavy atom. The Kier molecular flexibility index (Phi) is 6.81. The van der Waals surface area contributed by atoms with Crippen LogP contribution in [-0.2, 0) is 0 Å². The van der Waals surface area contributed by atoms with Crippen LogP contribution in [0.2, 0.25) is 10.0 Å². The SMILES string of the molecule is COc1cc(O)c(Cl)c(NC(=O)N(C)c2cc(Nc3ccccc3[N+](=O)[O-])ncn2)c1Cl. The van der Waals surface area contributed by atoms with E-state index in [1.54, 1.807) is 12.1 Å². The number of rotatable bonds is 6. The lowest BCUT2D eigenvalue weighted by Gasteiger charge is -2.19. The number of methoxy groups -OCH3 is 1. The molecular weight excluding hydrogens is 463 g/mol. The van der Waals surface area contributed by atoms with Gasteiger partial charge in [0.1, 0.15) is 45.2 Å². The van der Waals surface area contributed by atoms with Crippen molar-refractivity contribution in [3.05, 3.63) is 62.9 Å². The van der Waals surface area contributed by atoms with E-state index in [9.17, 15) is 20.0 Å². The Bertz CT molecular complexity index is 1190. The lowest BCUT2D eigenvalue weighted by Crippen LogP contribution is -2.32. The summed E-state index contributed by atoms with van der Waals surface area (Å²) in [5.41, 5.74) is 0.0369. The number of aromatic hydroxyl groups is 1. The largest absolute Gasteiger partial charge is 0.506 e. The summed E-state index contributed by atoms with van der Waals surface area (Å²) >= 11 is 12.3. The number of phenols is 1. The van der Waals surface area contributed by atoms with Gasteiger partial charge in [0.2, 0.25) is 0 Å². The summed E-state index contributed by atoms with van der Waals surface area (Å²) in [7, 11) is 2.77. The van der Waals surface area contributed by atoms with Gasteiger partial charge in [-0.2, -0.15) is 0 Å². The number of carbonyl (C=O) groups is 1. The second kappa shape index (κ2) is 9.54. The van der Waals surface area contributed by atoms with Crippen molar-refractivity contribution in [1.82, 2.24) is 9.97 Å². The molecular formula is C19H16Cl2N6O5. The summed E-state index contributed by atoms with van der Waals surface area (Å²) in [5, 5.41) is 26.3. The van der Waals surface area contributed by atoms with E-state index in [1.807, 2.05) is 0 Å². The number of nitrogens with one attached hydrogen (secondary N) is 2. The minimum absolute atomic E-state index is 0.00141. The van der Waals surface area contributed by atoms with Crippen LogP contribution in [0.25, 0.3) is 0 Å². The summed E-state index contributed by atoms with van der Waals surface area (Å²) in [6.45, 7) is 0. The Morgan fingerprint density at radius 1 is 1.22 bits per heavy atom. The van der Waals surface area contributed by atoms with Gasteiger partial charge < -0.3 is 20.5 Å². The second-order valence-electron chi connectivity index (χ2n) is 6.25.